The smallest absolute Gasteiger partial charge is 0.216 e. The Kier molecular flexibility index (Phi) is 0.759. The van der Waals surface area contributed by atoms with Gasteiger partial charge in [0.05, 0.1) is 6.61 Å². The van der Waals surface area contributed by atoms with Crippen LogP contribution in [0.5, 0.6) is 0 Å². The Morgan fingerprint density at radius 1 is 2.00 bits per heavy atom. The van der Waals surface area contributed by atoms with Gasteiger partial charge in [0.1, 0.15) is 0 Å². The van der Waals surface area contributed by atoms with Crippen LogP contribution >= 0.6 is 0 Å². The minimum Gasteiger partial charge on any atom is -0.525 e. The normalized spacial score (nSPS) is 21.0. The molecule has 3 nitrogen and oxygen atoms in total. The molecule has 1 N–H and O–H groups in total. The lowest BCUT2D eigenvalue weighted by Crippen LogP contribution is -2.11. The zero-order valence-corrected chi connectivity index (χ0v) is 3.10. The first kappa shape index (κ1) is 3.61. The van der Waals surface area contributed by atoms with Gasteiger partial charge in [-0.1, -0.05) is 0 Å². The van der Waals surface area contributed by atoms with Crippen molar-refractivity contribution in [2.45, 2.75) is 0 Å². The SMILES string of the molecule is O=C1CO[CH-]N1. The Morgan fingerprint density at radius 3 is 3.00 bits per heavy atom. The Hall–Kier alpha value is -0.570. The number of nitrogens with one attached hydrogen (secondary N) is 1. The molecule has 1 amide bonds. The number of rotatable bonds is 0. The highest BCUT2D eigenvalue weighted by atomic mass is 16.5. The van der Waals surface area contributed by atoms with Gasteiger partial charge >= 0.3 is 0 Å². The summed E-state index contributed by atoms with van der Waals surface area (Å²) in [5, 5.41) is 2.33. The van der Waals surface area contributed by atoms with Gasteiger partial charge in [0.15, 0.2) is 0 Å². The number of ether oxygens (including phenoxy) is 1. The second-order valence-corrected chi connectivity index (χ2v) is 0.996. The summed E-state index contributed by atoms with van der Waals surface area (Å²) in [6, 6.07) is 0. The van der Waals surface area contributed by atoms with E-state index in [4.69, 9.17) is 0 Å². The summed E-state index contributed by atoms with van der Waals surface area (Å²) in [7, 11) is 0. The fraction of sp³-hybridized carbons (Fsp3) is 0.333. The molecule has 1 fully saturated rings. The van der Waals surface area contributed by atoms with Gasteiger partial charge in [-0.3, -0.25) is 4.79 Å². The van der Waals surface area contributed by atoms with Crippen molar-refractivity contribution in [3.63, 3.8) is 0 Å². The Balaban J connectivity index is 2.37. The van der Waals surface area contributed by atoms with E-state index in [0.29, 0.717) is 0 Å². The molecule has 0 bridgehead atoms. The van der Waals surface area contributed by atoms with Crippen LogP contribution in [-0.4, -0.2) is 12.5 Å². The predicted octanol–water partition coefficient (Wildman–Crippen LogP) is -0.748. The molecule has 3 heteroatoms. The second kappa shape index (κ2) is 1.26. The minimum atomic E-state index is -0.0741. The van der Waals surface area contributed by atoms with Crippen LogP contribution in [0.1, 0.15) is 0 Å². The molecule has 0 atom stereocenters. The van der Waals surface area contributed by atoms with E-state index < -0.39 is 0 Å². The zero-order valence-electron chi connectivity index (χ0n) is 3.10. The summed E-state index contributed by atoms with van der Waals surface area (Å²) in [5.41, 5.74) is 0. The van der Waals surface area contributed by atoms with Gasteiger partial charge in [-0.25, -0.2) is 0 Å². The summed E-state index contributed by atoms with van der Waals surface area (Å²) in [5.74, 6) is -0.0741. The third-order valence-electron chi connectivity index (χ3n) is 0.518. The van der Waals surface area contributed by atoms with Crippen molar-refractivity contribution in [1.82, 2.24) is 5.32 Å². The molecule has 0 radical (unpaired) electrons. The van der Waals surface area contributed by atoms with Crippen molar-refractivity contribution in [2.24, 2.45) is 0 Å². The van der Waals surface area contributed by atoms with Gasteiger partial charge in [0.2, 0.25) is 5.91 Å². The highest BCUT2D eigenvalue weighted by Gasteiger charge is 1.95. The van der Waals surface area contributed by atoms with Crippen LogP contribution in [-0.2, 0) is 9.53 Å². The summed E-state index contributed by atoms with van der Waals surface area (Å²) in [6.45, 7) is 1.46. The number of carbonyl (C=O) groups is 1. The van der Waals surface area contributed by atoms with E-state index in [2.05, 4.69) is 10.1 Å². The first-order valence-electron chi connectivity index (χ1n) is 1.62. The van der Waals surface area contributed by atoms with Crippen molar-refractivity contribution >= 4 is 5.91 Å². The topological polar surface area (TPSA) is 38.3 Å². The van der Waals surface area contributed by atoms with Crippen molar-refractivity contribution in [3.8, 4) is 0 Å². The zero-order chi connectivity index (χ0) is 4.41. The molecular weight excluding hydrogens is 82.0 g/mol. The Morgan fingerprint density at radius 2 is 2.83 bits per heavy atom. The first-order valence-corrected chi connectivity index (χ1v) is 1.62. The van der Waals surface area contributed by atoms with Crippen molar-refractivity contribution in [1.29, 1.82) is 0 Å². The fourth-order valence-corrected chi connectivity index (χ4v) is 0.266. The predicted molar refractivity (Wildman–Crippen MR) is 18.4 cm³/mol. The maximum atomic E-state index is 9.98. The summed E-state index contributed by atoms with van der Waals surface area (Å²) < 4.78 is 4.47. The lowest BCUT2D eigenvalue weighted by molar-refractivity contribution is -0.119. The molecule has 1 saturated heterocycles. The maximum absolute atomic E-state index is 9.98. The van der Waals surface area contributed by atoms with Crippen LogP contribution in [0.4, 0.5) is 0 Å². The largest absolute Gasteiger partial charge is 0.525 e. The van der Waals surface area contributed by atoms with E-state index in [0.717, 1.165) is 0 Å². The molecular formula is C3H4NO2-. The molecule has 0 aromatic rings. The molecule has 0 spiro atoms. The molecule has 34 valence electrons. The van der Waals surface area contributed by atoms with E-state index in [-0.39, 0.29) is 12.5 Å². The summed E-state index contributed by atoms with van der Waals surface area (Å²) in [6.07, 6.45) is 0. The van der Waals surface area contributed by atoms with E-state index >= 15 is 0 Å². The van der Waals surface area contributed by atoms with E-state index in [1.54, 1.807) is 0 Å². The quantitative estimate of drug-likeness (QED) is 0.394. The molecule has 0 aromatic heterocycles. The van der Waals surface area contributed by atoms with Crippen molar-refractivity contribution in [3.05, 3.63) is 6.73 Å². The molecule has 0 unspecified atom stereocenters. The van der Waals surface area contributed by atoms with E-state index in [9.17, 15) is 4.79 Å². The van der Waals surface area contributed by atoms with E-state index in [1.165, 1.54) is 6.73 Å². The monoisotopic (exact) mass is 86.0 g/mol. The molecule has 1 aliphatic rings. The summed E-state index contributed by atoms with van der Waals surface area (Å²) >= 11 is 0. The minimum absolute atomic E-state index is 0.0741. The molecule has 0 aliphatic carbocycles. The van der Waals surface area contributed by atoms with Gasteiger partial charge in [-0.05, 0) is 0 Å². The second-order valence-electron chi connectivity index (χ2n) is 0.996. The molecule has 1 heterocycles. The van der Waals surface area contributed by atoms with Gasteiger partial charge < -0.3 is 10.1 Å². The van der Waals surface area contributed by atoms with Gasteiger partial charge in [0.25, 0.3) is 0 Å². The van der Waals surface area contributed by atoms with E-state index in [1.807, 2.05) is 0 Å². The Labute approximate surface area is 35.3 Å². The fourth-order valence-electron chi connectivity index (χ4n) is 0.266. The first-order chi connectivity index (χ1) is 2.89. The molecule has 1 aliphatic heterocycles. The van der Waals surface area contributed by atoms with Crippen LogP contribution in [0, 0.1) is 6.73 Å². The number of carbonyl (C=O) groups excluding carboxylic acids is 1. The van der Waals surface area contributed by atoms with Crippen molar-refractivity contribution < 1.29 is 9.53 Å². The van der Waals surface area contributed by atoms with Gasteiger partial charge in [-0.2, -0.15) is 0 Å². The highest BCUT2D eigenvalue weighted by Crippen LogP contribution is 1.84. The number of hydrogen-bond acceptors (Lipinski definition) is 2. The molecule has 1 rings (SSSR count). The maximum Gasteiger partial charge on any atom is 0.216 e. The van der Waals surface area contributed by atoms with Crippen LogP contribution in [0.2, 0.25) is 0 Å². The van der Waals surface area contributed by atoms with Gasteiger partial charge in [0, 0.05) is 0 Å². The average Bonchev–Trinajstić information content (AvgIpc) is 1.86. The standard InChI is InChI=1S/C3H4NO2/c5-3-1-6-2-4-3/h2H,1H2,(H,4,5)/q-1. The number of hydrogen-bond donors (Lipinski definition) is 1. The molecule has 6 heavy (non-hydrogen) atoms. The third-order valence-corrected chi connectivity index (χ3v) is 0.518. The molecule has 0 aromatic carbocycles. The molecule has 0 saturated carbocycles. The summed E-state index contributed by atoms with van der Waals surface area (Å²) in [4.78, 5) is 9.98. The van der Waals surface area contributed by atoms with Crippen molar-refractivity contribution in [2.75, 3.05) is 6.61 Å². The lowest BCUT2D eigenvalue weighted by Gasteiger charge is -1.94. The van der Waals surface area contributed by atoms with Gasteiger partial charge in [-0.15, -0.1) is 6.73 Å². The van der Waals surface area contributed by atoms with Crippen LogP contribution < -0.4 is 5.32 Å². The van der Waals surface area contributed by atoms with Crippen LogP contribution in [0.15, 0.2) is 0 Å². The third kappa shape index (κ3) is 0.490. The van der Waals surface area contributed by atoms with Crippen LogP contribution in [0.25, 0.3) is 0 Å². The lowest BCUT2D eigenvalue weighted by atomic mass is 10.7. The highest BCUT2D eigenvalue weighted by molar-refractivity contribution is 5.79. The average molecular weight is 86.1 g/mol. The van der Waals surface area contributed by atoms with Crippen LogP contribution in [0.3, 0.4) is 0 Å². The Bertz CT molecular complexity index is 63.2. The number of amides is 1.